The maximum atomic E-state index is 14.7. The van der Waals surface area contributed by atoms with Crippen LogP contribution in [0.4, 0.5) is 14.9 Å². The van der Waals surface area contributed by atoms with Crippen molar-refractivity contribution >= 4 is 17.7 Å². The van der Waals surface area contributed by atoms with Crippen molar-refractivity contribution in [2.75, 3.05) is 18.0 Å². The SMILES string of the molecule is CC(=O)NC[C@H]1CN(c2ccc(-c3ccc(-c4nnn[nH]4)nc3)c(F)c2)C(=O)O1. The lowest BCUT2D eigenvalue weighted by Gasteiger charge is -2.14. The number of hydrogen-bond acceptors (Lipinski definition) is 7. The number of nitrogens with zero attached hydrogens (tertiary/aromatic N) is 5. The number of amides is 2. The highest BCUT2D eigenvalue weighted by atomic mass is 19.1. The number of carbonyl (C=O) groups excluding carboxylic acids is 2. The van der Waals surface area contributed by atoms with Gasteiger partial charge in [0.2, 0.25) is 5.91 Å². The molecule has 2 N–H and O–H groups in total. The summed E-state index contributed by atoms with van der Waals surface area (Å²) < 4.78 is 19.9. The third-order valence-electron chi connectivity index (χ3n) is 4.38. The van der Waals surface area contributed by atoms with Gasteiger partial charge in [-0.1, -0.05) is 6.07 Å². The lowest BCUT2D eigenvalue weighted by Crippen LogP contribution is -2.33. The molecule has 2 aromatic heterocycles. The molecule has 1 saturated heterocycles. The van der Waals surface area contributed by atoms with Gasteiger partial charge in [0.1, 0.15) is 17.6 Å². The van der Waals surface area contributed by atoms with E-state index in [1.165, 1.54) is 24.1 Å². The Labute approximate surface area is 164 Å². The van der Waals surface area contributed by atoms with Crippen molar-refractivity contribution in [3.8, 4) is 22.6 Å². The molecule has 4 rings (SSSR count). The molecule has 1 aliphatic rings. The van der Waals surface area contributed by atoms with E-state index < -0.39 is 18.0 Å². The van der Waals surface area contributed by atoms with Crippen LogP contribution < -0.4 is 10.2 Å². The van der Waals surface area contributed by atoms with Gasteiger partial charge < -0.3 is 10.1 Å². The molecular formula is C18H16FN7O3. The summed E-state index contributed by atoms with van der Waals surface area (Å²) in [5.41, 5.74) is 1.81. The van der Waals surface area contributed by atoms with E-state index >= 15 is 0 Å². The number of ether oxygens (including phenoxy) is 1. The molecule has 1 atom stereocenters. The second kappa shape index (κ2) is 7.62. The van der Waals surface area contributed by atoms with Crippen molar-refractivity contribution in [3.05, 3.63) is 42.3 Å². The number of aromatic nitrogens is 5. The molecule has 10 nitrogen and oxygen atoms in total. The molecule has 0 bridgehead atoms. The second-order valence-electron chi connectivity index (χ2n) is 6.40. The average Bonchev–Trinajstić information content (AvgIpc) is 3.36. The number of aromatic amines is 1. The highest BCUT2D eigenvalue weighted by Crippen LogP contribution is 2.29. The average molecular weight is 397 g/mol. The molecule has 0 radical (unpaired) electrons. The predicted octanol–water partition coefficient (Wildman–Crippen LogP) is 1.53. The van der Waals surface area contributed by atoms with Crippen LogP contribution in [-0.2, 0) is 9.53 Å². The fourth-order valence-electron chi connectivity index (χ4n) is 2.96. The van der Waals surface area contributed by atoms with Crippen LogP contribution in [0.25, 0.3) is 22.6 Å². The zero-order chi connectivity index (χ0) is 20.4. The lowest BCUT2D eigenvalue weighted by molar-refractivity contribution is -0.119. The number of hydrogen-bond donors (Lipinski definition) is 2. The standard InChI is InChI=1S/C18H16FN7O3/c1-10(27)20-8-13-9-26(18(28)29-13)12-3-4-14(15(19)6-12)11-2-5-16(21-7-11)17-22-24-25-23-17/h2-7,13H,8-9H2,1H3,(H,20,27)(H,22,23,24,25)/t13-/m0/s1. The van der Waals surface area contributed by atoms with Gasteiger partial charge in [0.25, 0.3) is 0 Å². The van der Waals surface area contributed by atoms with Gasteiger partial charge in [-0.2, -0.15) is 0 Å². The Morgan fingerprint density at radius 3 is 2.90 bits per heavy atom. The van der Waals surface area contributed by atoms with E-state index in [-0.39, 0.29) is 19.0 Å². The molecule has 2 amide bonds. The normalized spacial score (nSPS) is 16.0. The summed E-state index contributed by atoms with van der Waals surface area (Å²) in [5.74, 6) is -0.306. The first-order valence-electron chi connectivity index (χ1n) is 8.74. The smallest absolute Gasteiger partial charge is 0.414 e. The number of anilines is 1. The maximum absolute atomic E-state index is 14.7. The van der Waals surface area contributed by atoms with E-state index in [9.17, 15) is 14.0 Å². The minimum absolute atomic E-state index is 0.205. The fourth-order valence-corrected chi connectivity index (χ4v) is 2.96. The van der Waals surface area contributed by atoms with Crippen molar-refractivity contribution in [1.82, 2.24) is 30.9 Å². The van der Waals surface area contributed by atoms with E-state index in [2.05, 4.69) is 30.9 Å². The highest BCUT2D eigenvalue weighted by molar-refractivity contribution is 5.90. The predicted molar refractivity (Wildman–Crippen MR) is 99.1 cm³/mol. The van der Waals surface area contributed by atoms with E-state index in [1.54, 1.807) is 24.3 Å². The molecule has 11 heteroatoms. The number of benzene rings is 1. The fraction of sp³-hybridized carbons (Fsp3) is 0.222. The lowest BCUT2D eigenvalue weighted by atomic mass is 10.1. The number of cyclic esters (lactones) is 1. The molecule has 3 aromatic rings. The van der Waals surface area contributed by atoms with Gasteiger partial charge in [0.15, 0.2) is 5.82 Å². The summed E-state index contributed by atoms with van der Waals surface area (Å²) in [6.45, 7) is 1.81. The van der Waals surface area contributed by atoms with Crippen LogP contribution in [0.15, 0.2) is 36.5 Å². The molecule has 1 aromatic carbocycles. The van der Waals surface area contributed by atoms with Gasteiger partial charge in [-0.15, -0.1) is 5.10 Å². The van der Waals surface area contributed by atoms with Crippen molar-refractivity contribution < 1.29 is 18.7 Å². The first kappa shape index (κ1) is 18.5. The van der Waals surface area contributed by atoms with E-state index in [4.69, 9.17) is 4.74 Å². The Morgan fingerprint density at radius 1 is 1.38 bits per heavy atom. The Morgan fingerprint density at radius 2 is 2.24 bits per heavy atom. The van der Waals surface area contributed by atoms with Crippen molar-refractivity contribution in [1.29, 1.82) is 0 Å². The monoisotopic (exact) mass is 397 g/mol. The van der Waals surface area contributed by atoms with Gasteiger partial charge >= 0.3 is 6.09 Å². The first-order valence-corrected chi connectivity index (χ1v) is 8.74. The quantitative estimate of drug-likeness (QED) is 0.668. The number of tetrazole rings is 1. The van der Waals surface area contributed by atoms with Crippen LogP contribution in [-0.4, -0.2) is 56.8 Å². The summed E-state index contributed by atoms with van der Waals surface area (Å²) in [4.78, 5) is 28.7. The number of halogens is 1. The van der Waals surface area contributed by atoms with E-state index in [0.29, 0.717) is 28.3 Å². The molecule has 0 aliphatic carbocycles. The Kier molecular flexibility index (Phi) is 4.85. The van der Waals surface area contributed by atoms with Crippen LogP contribution in [0.1, 0.15) is 6.92 Å². The number of pyridine rings is 1. The largest absolute Gasteiger partial charge is 0.442 e. The van der Waals surface area contributed by atoms with Gasteiger partial charge in [0, 0.05) is 24.2 Å². The molecular weight excluding hydrogens is 381 g/mol. The Hall–Kier alpha value is -3.89. The minimum Gasteiger partial charge on any atom is -0.442 e. The number of carbonyl (C=O) groups is 2. The molecule has 0 unspecified atom stereocenters. The second-order valence-corrected chi connectivity index (χ2v) is 6.40. The number of H-pyrrole nitrogens is 1. The van der Waals surface area contributed by atoms with Crippen LogP contribution in [0.5, 0.6) is 0 Å². The molecule has 148 valence electrons. The summed E-state index contributed by atoms with van der Waals surface area (Å²) in [6.07, 6.45) is 0.444. The van der Waals surface area contributed by atoms with E-state index in [0.717, 1.165) is 0 Å². The summed E-state index contributed by atoms with van der Waals surface area (Å²) in [5, 5.41) is 16.0. The van der Waals surface area contributed by atoms with Crippen LogP contribution >= 0.6 is 0 Å². The first-order chi connectivity index (χ1) is 14.0. The minimum atomic E-state index is -0.584. The van der Waals surface area contributed by atoms with Crippen LogP contribution in [0.2, 0.25) is 0 Å². The summed E-state index contributed by atoms with van der Waals surface area (Å²) >= 11 is 0. The zero-order valence-electron chi connectivity index (χ0n) is 15.3. The molecule has 3 heterocycles. The third kappa shape index (κ3) is 3.88. The maximum Gasteiger partial charge on any atom is 0.414 e. The van der Waals surface area contributed by atoms with Gasteiger partial charge in [-0.25, -0.2) is 14.3 Å². The van der Waals surface area contributed by atoms with Crippen LogP contribution in [0, 0.1) is 5.82 Å². The van der Waals surface area contributed by atoms with Gasteiger partial charge in [-0.05, 0) is 34.7 Å². The van der Waals surface area contributed by atoms with Crippen molar-refractivity contribution in [2.24, 2.45) is 0 Å². The zero-order valence-corrected chi connectivity index (χ0v) is 15.3. The number of rotatable bonds is 5. The molecule has 1 aliphatic heterocycles. The molecule has 29 heavy (non-hydrogen) atoms. The molecule has 1 fully saturated rings. The molecule has 0 saturated carbocycles. The number of nitrogens with one attached hydrogen (secondary N) is 2. The van der Waals surface area contributed by atoms with Crippen LogP contribution in [0.3, 0.4) is 0 Å². The Bertz CT molecular complexity index is 1040. The summed E-state index contributed by atoms with van der Waals surface area (Å²) in [7, 11) is 0. The topological polar surface area (TPSA) is 126 Å². The van der Waals surface area contributed by atoms with Crippen molar-refractivity contribution in [2.45, 2.75) is 13.0 Å². The van der Waals surface area contributed by atoms with Gasteiger partial charge in [-0.3, -0.25) is 14.7 Å². The van der Waals surface area contributed by atoms with Gasteiger partial charge in [0.05, 0.1) is 18.8 Å². The molecule has 0 spiro atoms. The van der Waals surface area contributed by atoms with Crippen molar-refractivity contribution in [3.63, 3.8) is 0 Å². The summed E-state index contributed by atoms with van der Waals surface area (Å²) in [6, 6.07) is 7.86. The van der Waals surface area contributed by atoms with E-state index in [1.807, 2.05) is 0 Å². The Balaban J connectivity index is 1.51. The third-order valence-corrected chi connectivity index (χ3v) is 4.38. The highest BCUT2D eigenvalue weighted by Gasteiger charge is 2.32.